The molecule has 0 radical (unpaired) electrons. The zero-order chi connectivity index (χ0) is 11.1. The maximum atomic E-state index is 5.87. The average molecular weight is 258 g/mol. The molecule has 1 fully saturated rings. The van der Waals surface area contributed by atoms with Crippen LogP contribution in [0.4, 0.5) is 0 Å². The van der Waals surface area contributed by atoms with Gasteiger partial charge < -0.3 is 19.4 Å². The third-order valence-corrected chi connectivity index (χ3v) is 5.36. The van der Waals surface area contributed by atoms with Crippen molar-refractivity contribution in [3.63, 3.8) is 0 Å². The van der Waals surface area contributed by atoms with E-state index in [9.17, 15) is 0 Å². The summed E-state index contributed by atoms with van der Waals surface area (Å²) >= 11 is 0. The molecule has 1 aliphatic heterocycles. The van der Waals surface area contributed by atoms with E-state index in [0.29, 0.717) is 19.8 Å². The van der Waals surface area contributed by atoms with Crippen molar-refractivity contribution in [2.75, 3.05) is 19.8 Å². The van der Waals surface area contributed by atoms with Crippen molar-refractivity contribution >= 4 is 8.80 Å². The summed E-state index contributed by atoms with van der Waals surface area (Å²) in [6.07, 6.45) is 1.88. The molecule has 1 aliphatic rings. The zero-order valence-corrected chi connectivity index (χ0v) is 14.0. The summed E-state index contributed by atoms with van der Waals surface area (Å²) in [6.45, 7) is 7.88. The molecule has 4 nitrogen and oxygen atoms in total. The second kappa shape index (κ2) is 9.05. The number of hydrogen-bond acceptors (Lipinski definition) is 4. The van der Waals surface area contributed by atoms with Gasteiger partial charge in [-0.1, -0.05) is 0 Å². The molecule has 0 N–H and O–H groups in total. The molecule has 0 amide bonds. The zero-order valence-electron chi connectivity index (χ0n) is 12.0. The van der Waals surface area contributed by atoms with Gasteiger partial charge in [0.15, 0.2) is 6.29 Å². The first-order valence-electron chi connectivity index (χ1n) is 5.83. The molecule has 6 heteroatoms. The van der Waals surface area contributed by atoms with Crippen LogP contribution < -0.4 is 29.6 Å². The van der Waals surface area contributed by atoms with Gasteiger partial charge in [0.2, 0.25) is 0 Å². The largest absolute Gasteiger partial charge is 1.00 e. The van der Waals surface area contributed by atoms with E-state index in [1.165, 1.54) is 0 Å². The van der Waals surface area contributed by atoms with Crippen LogP contribution in [0.25, 0.3) is 0 Å². The Morgan fingerprint density at radius 3 is 2.31 bits per heavy atom. The summed E-state index contributed by atoms with van der Waals surface area (Å²) < 4.78 is 22.8. The van der Waals surface area contributed by atoms with Crippen LogP contribution in [0.3, 0.4) is 0 Å². The van der Waals surface area contributed by atoms with Gasteiger partial charge in [-0.3, -0.25) is 0 Å². The van der Waals surface area contributed by atoms with E-state index in [0.717, 1.165) is 18.9 Å². The molecule has 0 aromatic heterocycles. The maximum Gasteiger partial charge on any atom is 1.00 e. The van der Waals surface area contributed by atoms with E-state index in [2.05, 4.69) is 0 Å². The third kappa shape index (κ3) is 5.14. The molecule has 0 aromatic rings. The molecular weight excluding hydrogens is 235 g/mol. The van der Waals surface area contributed by atoms with Crippen LogP contribution in [-0.4, -0.2) is 34.9 Å². The Bertz CT molecular complexity index is 174. The molecule has 0 aromatic carbocycles. The van der Waals surface area contributed by atoms with Crippen molar-refractivity contribution < 1.29 is 49.0 Å². The van der Waals surface area contributed by atoms with E-state index in [1.807, 2.05) is 20.8 Å². The smallest absolute Gasteiger partial charge is 1.00 e. The van der Waals surface area contributed by atoms with Gasteiger partial charge >= 0.3 is 38.4 Å². The molecule has 16 heavy (non-hydrogen) atoms. The fraction of sp³-hybridized carbons (Fsp3) is 1.00. The Morgan fingerprint density at radius 2 is 1.81 bits per heavy atom. The van der Waals surface area contributed by atoms with Gasteiger partial charge in [-0.05, 0) is 33.6 Å². The SMILES string of the molecule is CCOC1CCC[Si](OCC)(OCC)O1.[H-].[Na+]. The summed E-state index contributed by atoms with van der Waals surface area (Å²) in [5.41, 5.74) is 0. The van der Waals surface area contributed by atoms with Crippen molar-refractivity contribution in [1.82, 2.24) is 0 Å². The maximum absolute atomic E-state index is 5.87. The van der Waals surface area contributed by atoms with Gasteiger partial charge in [0.25, 0.3) is 0 Å². The van der Waals surface area contributed by atoms with Gasteiger partial charge in [0, 0.05) is 25.9 Å². The summed E-state index contributed by atoms with van der Waals surface area (Å²) in [5, 5.41) is 0. The van der Waals surface area contributed by atoms with Crippen LogP contribution in [0.5, 0.6) is 0 Å². The van der Waals surface area contributed by atoms with Crippen LogP contribution in [-0.2, 0) is 18.0 Å². The van der Waals surface area contributed by atoms with Crippen molar-refractivity contribution in [3.05, 3.63) is 0 Å². The topological polar surface area (TPSA) is 36.9 Å². The van der Waals surface area contributed by atoms with Crippen molar-refractivity contribution in [1.29, 1.82) is 0 Å². The second-order valence-corrected chi connectivity index (χ2v) is 6.12. The molecule has 1 saturated heterocycles. The van der Waals surface area contributed by atoms with Crippen LogP contribution in [0, 0.1) is 0 Å². The quantitative estimate of drug-likeness (QED) is 0.590. The molecule has 0 saturated carbocycles. The third-order valence-electron chi connectivity index (χ3n) is 2.31. The normalized spacial score (nSPS) is 23.8. The van der Waals surface area contributed by atoms with E-state index >= 15 is 0 Å². The van der Waals surface area contributed by atoms with Crippen molar-refractivity contribution in [2.24, 2.45) is 0 Å². The minimum atomic E-state index is -2.41. The molecule has 1 atom stereocenters. The van der Waals surface area contributed by atoms with Crippen LogP contribution in [0.1, 0.15) is 35.0 Å². The van der Waals surface area contributed by atoms with E-state index in [-0.39, 0.29) is 37.3 Å². The fourth-order valence-corrected chi connectivity index (χ4v) is 4.53. The van der Waals surface area contributed by atoms with Gasteiger partial charge in [0.05, 0.1) is 0 Å². The Balaban J connectivity index is 0. The number of ether oxygens (including phenoxy) is 1. The first-order valence-corrected chi connectivity index (χ1v) is 7.76. The number of rotatable bonds is 6. The fourth-order valence-electron chi connectivity index (χ4n) is 1.80. The Kier molecular flexibility index (Phi) is 9.65. The molecule has 1 unspecified atom stereocenters. The van der Waals surface area contributed by atoms with Gasteiger partial charge in [0.1, 0.15) is 0 Å². The first-order chi connectivity index (χ1) is 7.26. The van der Waals surface area contributed by atoms with E-state index in [1.54, 1.807) is 0 Å². The monoisotopic (exact) mass is 258 g/mol. The van der Waals surface area contributed by atoms with E-state index < -0.39 is 8.80 Å². The predicted octanol–water partition coefficient (Wildman–Crippen LogP) is -0.712. The minimum absolute atomic E-state index is 0. The standard InChI is InChI=1S/C10H22O4Si.Na.H/c1-4-11-10-8-7-9-15(14-10,12-5-2)13-6-3;;/h10H,4-9H2,1-3H3;;/q;+1;-1. The van der Waals surface area contributed by atoms with Gasteiger partial charge in [-0.25, -0.2) is 0 Å². The minimum Gasteiger partial charge on any atom is -1.00 e. The summed E-state index contributed by atoms with van der Waals surface area (Å²) in [6, 6.07) is 0.915. The van der Waals surface area contributed by atoms with Crippen molar-refractivity contribution in [2.45, 2.75) is 45.9 Å². The van der Waals surface area contributed by atoms with Gasteiger partial charge in [-0.2, -0.15) is 0 Å². The van der Waals surface area contributed by atoms with Crippen molar-refractivity contribution in [3.8, 4) is 0 Å². The van der Waals surface area contributed by atoms with Crippen LogP contribution in [0.15, 0.2) is 0 Å². The Labute approximate surface area is 123 Å². The first kappa shape index (κ1) is 17.1. The molecule has 0 spiro atoms. The van der Waals surface area contributed by atoms with E-state index in [4.69, 9.17) is 18.0 Å². The summed E-state index contributed by atoms with van der Waals surface area (Å²) in [5.74, 6) is 0. The molecule has 1 rings (SSSR count). The van der Waals surface area contributed by atoms with Crippen LogP contribution >= 0.6 is 0 Å². The Hall–Kier alpha value is 1.06. The van der Waals surface area contributed by atoms with Gasteiger partial charge in [-0.15, -0.1) is 0 Å². The Morgan fingerprint density at radius 1 is 1.19 bits per heavy atom. The summed E-state index contributed by atoms with van der Waals surface area (Å²) in [7, 11) is -2.41. The predicted molar refractivity (Wildman–Crippen MR) is 60.7 cm³/mol. The number of hydrogen-bond donors (Lipinski definition) is 0. The van der Waals surface area contributed by atoms with Crippen LogP contribution in [0.2, 0.25) is 6.04 Å². The summed E-state index contributed by atoms with van der Waals surface area (Å²) in [4.78, 5) is 0. The molecule has 1 heterocycles. The average Bonchev–Trinajstić information content (AvgIpc) is 2.19. The molecule has 0 bridgehead atoms. The molecule has 0 aliphatic carbocycles. The molecule has 92 valence electrons. The molecular formula is C10H23NaO4Si. The second-order valence-electron chi connectivity index (χ2n) is 3.44.